The molecule has 6 nitrogen and oxygen atoms in total. The van der Waals surface area contributed by atoms with E-state index in [1.54, 1.807) is 17.9 Å². The van der Waals surface area contributed by atoms with Crippen molar-refractivity contribution < 1.29 is 45.4 Å². The highest BCUT2D eigenvalue weighted by molar-refractivity contribution is 5.84. The minimum absolute atomic E-state index is 0.0550. The topological polar surface area (TPSA) is 64.1 Å². The lowest BCUT2D eigenvalue weighted by molar-refractivity contribution is -0.150. The summed E-state index contributed by atoms with van der Waals surface area (Å²) < 4.78 is 94.6. The number of halogens is 7. The highest BCUT2D eigenvalue weighted by Crippen LogP contribution is 2.39. The molecule has 0 spiro atoms. The van der Waals surface area contributed by atoms with E-state index in [0.29, 0.717) is 63.1 Å². The number of rotatable bonds is 6. The molecule has 0 radical (unpaired) electrons. The predicted octanol–water partition coefficient (Wildman–Crippen LogP) is 6.00. The van der Waals surface area contributed by atoms with Crippen molar-refractivity contribution in [3.05, 3.63) is 70.0 Å². The quantitative estimate of drug-likeness (QED) is 0.392. The van der Waals surface area contributed by atoms with Crippen molar-refractivity contribution in [3.8, 4) is 0 Å². The SMILES string of the molecule is Cc1cc(F)ccc1[C@@H]1CN(C2CCN(C(=O)C(C)(C)O)CC2)CCC1C(=O)N(C)Cc1cc(C(F)(F)F)cc(C(F)(F)F)c1. The van der Waals surface area contributed by atoms with E-state index in [0.717, 1.165) is 10.5 Å². The molecule has 0 aromatic heterocycles. The molecule has 2 aromatic rings. The Morgan fingerprint density at radius 2 is 1.49 bits per heavy atom. The van der Waals surface area contributed by atoms with Crippen molar-refractivity contribution in [1.82, 2.24) is 14.7 Å². The lowest BCUT2D eigenvalue weighted by Gasteiger charge is -2.46. The predicted molar refractivity (Wildman–Crippen MR) is 152 cm³/mol. The summed E-state index contributed by atoms with van der Waals surface area (Å²) in [5, 5.41) is 10.1. The van der Waals surface area contributed by atoms with Crippen LogP contribution in [0, 0.1) is 18.7 Å². The Labute approximate surface area is 257 Å². The van der Waals surface area contributed by atoms with Crippen LogP contribution in [0.25, 0.3) is 0 Å². The summed E-state index contributed by atoms with van der Waals surface area (Å²) in [6, 6.07) is 5.66. The fourth-order valence-electron chi connectivity index (χ4n) is 6.54. The molecule has 0 bridgehead atoms. The van der Waals surface area contributed by atoms with Crippen molar-refractivity contribution in [2.24, 2.45) is 5.92 Å². The Bertz CT molecular complexity index is 1360. The van der Waals surface area contributed by atoms with Gasteiger partial charge in [-0.2, -0.15) is 26.3 Å². The van der Waals surface area contributed by atoms with E-state index in [1.807, 2.05) is 0 Å². The molecule has 248 valence electrons. The standard InChI is InChI=1S/C32H38F7N3O3/c1-19-13-23(33)5-6-25(19)27-18-42(24-7-10-41(11-8-24)29(44)30(2,3)45)12-9-26(27)28(43)40(4)17-20-14-21(31(34,35)36)16-22(15-20)32(37,38)39/h5-6,13-16,24,26-27,45H,7-12,17-18H2,1-4H3/t26?,27-/m0/s1. The molecule has 2 aliphatic rings. The van der Waals surface area contributed by atoms with Crippen LogP contribution >= 0.6 is 0 Å². The van der Waals surface area contributed by atoms with Crippen LogP contribution in [0.1, 0.15) is 66.8 Å². The van der Waals surface area contributed by atoms with Crippen molar-refractivity contribution in [2.75, 3.05) is 33.2 Å². The van der Waals surface area contributed by atoms with Gasteiger partial charge in [-0.15, -0.1) is 0 Å². The van der Waals surface area contributed by atoms with Crippen LogP contribution in [0.4, 0.5) is 30.7 Å². The summed E-state index contributed by atoms with van der Waals surface area (Å²) in [6.45, 7) is 5.98. The van der Waals surface area contributed by atoms with Crippen molar-refractivity contribution in [1.29, 1.82) is 0 Å². The van der Waals surface area contributed by atoms with Gasteiger partial charge in [0.05, 0.1) is 11.1 Å². The van der Waals surface area contributed by atoms with Gasteiger partial charge in [0.1, 0.15) is 11.4 Å². The first-order chi connectivity index (χ1) is 20.8. The Morgan fingerprint density at radius 3 is 2.00 bits per heavy atom. The number of alkyl halides is 6. The molecule has 0 saturated carbocycles. The number of carbonyl (C=O) groups excluding carboxylic acids is 2. The Balaban J connectivity index is 1.56. The molecule has 2 aliphatic heterocycles. The highest BCUT2D eigenvalue weighted by Gasteiger charge is 2.41. The number of carbonyl (C=O) groups is 2. The van der Waals surface area contributed by atoms with Crippen LogP contribution < -0.4 is 0 Å². The molecule has 0 aliphatic carbocycles. The van der Waals surface area contributed by atoms with Crippen LogP contribution in [-0.4, -0.2) is 76.5 Å². The van der Waals surface area contributed by atoms with Gasteiger partial charge in [-0.05, 0) is 93.6 Å². The van der Waals surface area contributed by atoms with E-state index in [2.05, 4.69) is 4.90 Å². The fourth-order valence-corrected chi connectivity index (χ4v) is 6.54. The average molecular weight is 646 g/mol. The molecule has 4 rings (SSSR count). The van der Waals surface area contributed by atoms with Gasteiger partial charge in [0.25, 0.3) is 5.91 Å². The largest absolute Gasteiger partial charge is 0.416 e. The van der Waals surface area contributed by atoms with E-state index >= 15 is 0 Å². The summed E-state index contributed by atoms with van der Waals surface area (Å²) in [5.41, 5.74) is -3.31. The number of hydrogen-bond acceptors (Lipinski definition) is 4. The number of likely N-dealkylation sites (tertiary alicyclic amines) is 2. The second kappa shape index (κ2) is 12.9. The second-order valence-electron chi connectivity index (χ2n) is 12.7. The van der Waals surface area contributed by atoms with Gasteiger partial charge in [-0.3, -0.25) is 14.5 Å². The number of amides is 2. The van der Waals surface area contributed by atoms with Crippen LogP contribution in [0.5, 0.6) is 0 Å². The van der Waals surface area contributed by atoms with E-state index in [4.69, 9.17) is 0 Å². The number of nitrogens with zero attached hydrogens (tertiary/aromatic N) is 3. The zero-order valence-electron chi connectivity index (χ0n) is 25.6. The molecule has 2 heterocycles. The lowest BCUT2D eigenvalue weighted by Crippen LogP contribution is -2.54. The van der Waals surface area contributed by atoms with Gasteiger partial charge in [0, 0.05) is 51.1 Å². The molecule has 2 atom stereocenters. The van der Waals surface area contributed by atoms with Crippen molar-refractivity contribution in [3.63, 3.8) is 0 Å². The summed E-state index contributed by atoms with van der Waals surface area (Å²) in [7, 11) is 1.35. The highest BCUT2D eigenvalue weighted by atomic mass is 19.4. The maximum absolute atomic E-state index is 14.0. The first-order valence-corrected chi connectivity index (χ1v) is 14.8. The van der Waals surface area contributed by atoms with Crippen LogP contribution in [0.2, 0.25) is 0 Å². The summed E-state index contributed by atoms with van der Waals surface area (Å²) >= 11 is 0. The number of aryl methyl sites for hydroxylation is 1. The minimum Gasteiger partial charge on any atom is -0.381 e. The number of hydrogen-bond donors (Lipinski definition) is 1. The maximum atomic E-state index is 14.0. The number of piperidine rings is 2. The van der Waals surface area contributed by atoms with E-state index < -0.39 is 59.2 Å². The molecule has 1 unspecified atom stereocenters. The average Bonchev–Trinajstić information content (AvgIpc) is 2.94. The van der Waals surface area contributed by atoms with Crippen molar-refractivity contribution in [2.45, 2.75) is 76.5 Å². The van der Waals surface area contributed by atoms with Gasteiger partial charge in [-0.25, -0.2) is 4.39 Å². The second-order valence-corrected chi connectivity index (χ2v) is 12.7. The smallest absolute Gasteiger partial charge is 0.381 e. The third-order valence-corrected chi connectivity index (χ3v) is 8.83. The summed E-state index contributed by atoms with van der Waals surface area (Å²) in [5.74, 6) is -2.30. The van der Waals surface area contributed by atoms with Gasteiger partial charge >= 0.3 is 12.4 Å². The Morgan fingerprint density at radius 1 is 0.911 bits per heavy atom. The van der Waals surface area contributed by atoms with Gasteiger partial charge in [0.2, 0.25) is 5.91 Å². The molecule has 2 fully saturated rings. The zero-order valence-corrected chi connectivity index (χ0v) is 25.6. The molecular weight excluding hydrogens is 607 g/mol. The Hall–Kier alpha value is -3.19. The maximum Gasteiger partial charge on any atom is 0.416 e. The first kappa shape index (κ1) is 34.7. The van der Waals surface area contributed by atoms with Crippen LogP contribution in [0.3, 0.4) is 0 Å². The molecule has 13 heteroatoms. The molecule has 2 saturated heterocycles. The van der Waals surface area contributed by atoms with E-state index in [1.165, 1.54) is 33.0 Å². The molecule has 2 amide bonds. The van der Waals surface area contributed by atoms with Crippen LogP contribution in [-0.2, 0) is 28.5 Å². The fraction of sp³-hybridized carbons (Fsp3) is 0.562. The van der Waals surface area contributed by atoms with E-state index in [9.17, 15) is 45.4 Å². The van der Waals surface area contributed by atoms with Crippen LogP contribution in [0.15, 0.2) is 36.4 Å². The van der Waals surface area contributed by atoms with Crippen molar-refractivity contribution >= 4 is 11.8 Å². The molecule has 2 aromatic carbocycles. The summed E-state index contributed by atoms with van der Waals surface area (Å²) in [6.07, 6.45) is -8.36. The van der Waals surface area contributed by atoms with E-state index in [-0.39, 0.29) is 23.6 Å². The zero-order chi connectivity index (χ0) is 33.5. The summed E-state index contributed by atoms with van der Waals surface area (Å²) in [4.78, 5) is 31.4. The lowest BCUT2D eigenvalue weighted by atomic mass is 9.77. The normalized spacial score (nSPS) is 20.8. The Kier molecular flexibility index (Phi) is 9.94. The van der Waals surface area contributed by atoms with Gasteiger partial charge in [-0.1, -0.05) is 6.07 Å². The molecule has 1 N–H and O–H groups in total. The van der Waals surface area contributed by atoms with Gasteiger partial charge < -0.3 is 14.9 Å². The third kappa shape index (κ3) is 8.16. The third-order valence-electron chi connectivity index (χ3n) is 8.83. The monoisotopic (exact) mass is 645 g/mol. The minimum atomic E-state index is -5.01. The molecule has 45 heavy (non-hydrogen) atoms. The number of aliphatic hydroxyl groups is 1. The first-order valence-electron chi connectivity index (χ1n) is 14.8. The van der Waals surface area contributed by atoms with Gasteiger partial charge in [0.15, 0.2) is 0 Å². The number of benzene rings is 2. The molecular formula is C32H38F7N3O3.